The predicted molar refractivity (Wildman–Crippen MR) is 131 cm³/mol. The fraction of sp³-hybridized carbons (Fsp3) is 0.320. The highest BCUT2D eigenvalue weighted by Gasteiger charge is 2.21. The van der Waals surface area contributed by atoms with E-state index in [0.717, 1.165) is 38.4 Å². The number of hydrogen-bond donors (Lipinski definition) is 2. The lowest BCUT2D eigenvalue weighted by atomic mass is 10.1. The number of nitrogens with one attached hydrogen (secondary N) is 1. The predicted octanol–water partition coefficient (Wildman–Crippen LogP) is 3.29. The van der Waals surface area contributed by atoms with Crippen LogP contribution in [0.4, 0.5) is 0 Å². The Bertz CT molecular complexity index is 1260. The second-order valence-corrected chi connectivity index (χ2v) is 8.59. The average Bonchev–Trinajstić information content (AvgIpc) is 3.14. The molecule has 0 bridgehead atoms. The van der Waals surface area contributed by atoms with Crippen LogP contribution in [0, 0.1) is 0 Å². The molecule has 2 aromatic carbocycles. The summed E-state index contributed by atoms with van der Waals surface area (Å²) in [4.78, 5) is 31.8. The first-order valence-electron chi connectivity index (χ1n) is 11.1. The maximum absolute atomic E-state index is 13.3. The van der Waals surface area contributed by atoms with Crippen molar-refractivity contribution in [3.8, 4) is 5.69 Å². The number of aromatic nitrogens is 2. The third-order valence-corrected chi connectivity index (χ3v) is 6.17. The van der Waals surface area contributed by atoms with Gasteiger partial charge in [-0.2, -0.15) is 0 Å². The van der Waals surface area contributed by atoms with Gasteiger partial charge in [-0.05, 0) is 30.2 Å². The minimum absolute atomic E-state index is 0.257. The monoisotopic (exact) mass is 482 g/mol. The van der Waals surface area contributed by atoms with Crippen molar-refractivity contribution in [2.24, 2.45) is 4.99 Å². The van der Waals surface area contributed by atoms with E-state index >= 15 is 0 Å². The minimum Gasteiger partial charge on any atom is -0.481 e. The van der Waals surface area contributed by atoms with E-state index in [1.165, 1.54) is 10.2 Å². The molecule has 2 N–H and O–H groups in total. The van der Waals surface area contributed by atoms with Crippen molar-refractivity contribution in [1.82, 2.24) is 14.7 Å². The number of nitrogens with zero attached hydrogens (tertiary/aromatic N) is 3. The first kappa shape index (κ1) is 23.9. The molecule has 0 amide bonds. The van der Waals surface area contributed by atoms with Crippen LogP contribution in [0.25, 0.3) is 5.69 Å². The largest absolute Gasteiger partial charge is 0.481 e. The molecule has 0 atom stereocenters. The van der Waals surface area contributed by atoms with Gasteiger partial charge in [0, 0.05) is 25.3 Å². The molecule has 4 rings (SSSR count). The van der Waals surface area contributed by atoms with E-state index in [9.17, 15) is 14.7 Å². The van der Waals surface area contributed by atoms with Crippen molar-refractivity contribution in [2.45, 2.75) is 26.4 Å². The summed E-state index contributed by atoms with van der Waals surface area (Å²) in [6, 6.07) is 15.0. The number of benzene rings is 2. The van der Waals surface area contributed by atoms with E-state index in [0.29, 0.717) is 28.7 Å². The van der Waals surface area contributed by atoms with Gasteiger partial charge < -0.3 is 9.84 Å². The van der Waals surface area contributed by atoms with Crippen LogP contribution in [0.5, 0.6) is 0 Å². The van der Waals surface area contributed by atoms with Crippen LogP contribution in [0.3, 0.4) is 0 Å². The van der Waals surface area contributed by atoms with Crippen molar-refractivity contribution in [2.75, 3.05) is 26.3 Å². The topological polar surface area (TPSA) is 99.9 Å². The van der Waals surface area contributed by atoms with E-state index in [4.69, 9.17) is 21.3 Å². The van der Waals surface area contributed by atoms with Gasteiger partial charge >= 0.3 is 5.97 Å². The molecular formula is C25H27ClN4O4. The Morgan fingerprint density at radius 2 is 1.79 bits per heavy atom. The van der Waals surface area contributed by atoms with Crippen LogP contribution >= 0.6 is 11.6 Å². The minimum atomic E-state index is -1.04. The SMILES string of the molecule is CC(=NCc1ccccc1CN1CCOCC1)c1c(CC(=O)O)[nH]n(-c2ccccc2Cl)c1=O. The Kier molecular flexibility index (Phi) is 7.62. The van der Waals surface area contributed by atoms with Gasteiger partial charge in [-0.15, -0.1) is 0 Å². The average molecular weight is 483 g/mol. The highest BCUT2D eigenvalue weighted by Crippen LogP contribution is 2.20. The van der Waals surface area contributed by atoms with Crippen LogP contribution in [0.15, 0.2) is 58.3 Å². The number of carboxylic acid groups (broad SMARTS) is 1. The molecule has 9 heteroatoms. The maximum atomic E-state index is 13.3. The van der Waals surface area contributed by atoms with Gasteiger partial charge in [-0.3, -0.25) is 24.6 Å². The lowest BCUT2D eigenvalue weighted by Crippen LogP contribution is -2.35. The van der Waals surface area contributed by atoms with Gasteiger partial charge in [-0.25, -0.2) is 4.68 Å². The van der Waals surface area contributed by atoms with Gasteiger partial charge in [0.1, 0.15) is 0 Å². The van der Waals surface area contributed by atoms with Crippen molar-refractivity contribution < 1.29 is 14.6 Å². The molecule has 0 spiro atoms. The highest BCUT2D eigenvalue weighted by atomic mass is 35.5. The summed E-state index contributed by atoms with van der Waals surface area (Å²) in [5.41, 5.74) is 3.34. The number of rotatable bonds is 8. The molecule has 3 aromatic rings. The van der Waals surface area contributed by atoms with Crippen molar-refractivity contribution >= 4 is 23.3 Å². The molecule has 1 saturated heterocycles. The van der Waals surface area contributed by atoms with Gasteiger partial charge in [-0.1, -0.05) is 48.0 Å². The number of ether oxygens (including phenoxy) is 1. The number of aliphatic imine (C=N–C) groups is 1. The number of para-hydroxylation sites is 1. The summed E-state index contributed by atoms with van der Waals surface area (Å²) in [6.07, 6.45) is -0.331. The lowest BCUT2D eigenvalue weighted by Gasteiger charge is -2.27. The molecule has 1 fully saturated rings. The zero-order valence-electron chi connectivity index (χ0n) is 19.0. The lowest BCUT2D eigenvalue weighted by molar-refractivity contribution is -0.136. The van der Waals surface area contributed by atoms with E-state index in [-0.39, 0.29) is 17.5 Å². The molecule has 1 aliphatic rings. The molecule has 0 radical (unpaired) electrons. The molecule has 0 unspecified atom stereocenters. The second kappa shape index (κ2) is 10.8. The zero-order chi connectivity index (χ0) is 24.1. The van der Waals surface area contributed by atoms with Crippen LogP contribution in [-0.4, -0.2) is 57.8 Å². The normalized spacial score (nSPS) is 14.9. The summed E-state index contributed by atoms with van der Waals surface area (Å²) < 4.78 is 6.72. The number of aromatic amines is 1. The Hall–Kier alpha value is -3.20. The zero-order valence-corrected chi connectivity index (χ0v) is 19.7. The quantitative estimate of drug-likeness (QED) is 0.480. The van der Waals surface area contributed by atoms with Gasteiger partial charge in [0.15, 0.2) is 0 Å². The molecule has 0 aliphatic carbocycles. The molecule has 0 saturated carbocycles. The first-order chi connectivity index (χ1) is 16.4. The van der Waals surface area contributed by atoms with E-state index in [2.05, 4.69) is 16.1 Å². The third-order valence-electron chi connectivity index (χ3n) is 5.85. The van der Waals surface area contributed by atoms with Crippen molar-refractivity contribution in [3.05, 3.63) is 86.3 Å². The van der Waals surface area contributed by atoms with Crippen LogP contribution in [0.1, 0.15) is 29.3 Å². The highest BCUT2D eigenvalue weighted by molar-refractivity contribution is 6.32. The Balaban J connectivity index is 1.65. The first-order valence-corrected chi connectivity index (χ1v) is 11.5. The van der Waals surface area contributed by atoms with Gasteiger partial charge in [0.05, 0.1) is 48.1 Å². The molecule has 1 aliphatic heterocycles. The smallest absolute Gasteiger partial charge is 0.309 e. The number of morpholine rings is 1. The van der Waals surface area contributed by atoms with E-state index in [1.807, 2.05) is 18.2 Å². The number of aliphatic carboxylic acids is 1. The second-order valence-electron chi connectivity index (χ2n) is 8.19. The van der Waals surface area contributed by atoms with Crippen molar-refractivity contribution in [1.29, 1.82) is 0 Å². The molecule has 2 heterocycles. The van der Waals surface area contributed by atoms with E-state index in [1.54, 1.807) is 31.2 Å². The number of halogens is 1. The fourth-order valence-corrected chi connectivity index (χ4v) is 4.31. The Morgan fingerprint density at radius 3 is 2.50 bits per heavy atom. The third kappa shape index (κ3) is 5.47. The summed E-state index contributed by atoms with van der Waals surface area (Å²) in [6.45, 7) is 6.17. The van der Waals surface area contributed by atoms with Crippen molar-refractivity contribution in [3.63, 3.8) is 0 Å². The Labute approximate surface area is 202 Å². The molecule has 1 aromatic heterocycles. The van der Waals surface area contributed by atoms with Crippen LogP contribution in [0.2, 0.25) is 5.02 Å². The fourth-order valence-electron chi connectivity index (χ4n) is 4.09. The maximum Gasteiger partial charge on any atom is 0.309 e. The van der Waals surface area contributed by atoms with Crippen LogP contribution in [-0.2, 0) is 29.0 Å². The van der Waals surface area contributed by atoms with Crippen LogP contribution < -0.4 is 5.56 Å². The van der Waals surface area contributed by atoms with Gasteiger partial charge in [0.25, 0.3) is 5.56 Å². The standard InChI is InChI=1S/C25H27ClN4O4/c1-17(27-15-18-6-2-3-7-19(18)16-29-10-12-34-13-11-29)24-21(14-23(31)32)28-30(25(24)33)22-9-5-4-8-20(22)26/h2-9,28H,10-16H2,1H3,(H,31,32). The number of carbonyl (C=O) groups is 1. The number of hydrogen-bond acceptors (Lipinski definition) is 5. The summed E-state index contributed by atoms with van der Waals surface area (Å²) in [7, 11) is 0. The Morgan fingerprint density at radius 1 is 1.12 bits per heavy atom. The molecule has 178 valence electrons. The summed E-state index contributed by atoms with van der Waals surface area (Å²) in [5.74, 6) is -1.04. The molecule has 34 heavy (non-hydrogen) atoms. The number of H-pyrrole nitrogens is 1. The summed E-state index contributed by atoms with van der Waals surface area (Å²) >= 11 is 6.28. The molecular weight excluding hydrogens is 456 g/mol. The molecule has 8 nitrogen and oxygen atoms in total. The summed E-state index contributed by atoms with van der Waals surface area (Å²) in [5, 5.41) is 12.7. The van der Waals surface area contributed by atoms with E-state index < -0.39 is 5.97 Å². The number of carboxylic acids is 1. The van der Waals surface area contributed by atoms with Gasteiger partial charge in [0.2, 0.25) is 0 Å².